The molecule has 2 rings (SSSR count). The lowest BCUT2D eigenvalue weighted by atomic mass is 10.0. The molecule has 20 heavy (non-hydrogen) atoms. The number of aliphatic carboxylic acids is 1. The van der Waals surface area contributed by atoms with E-state index in [0.29, 0.717) is 10.0 Å². The van der Waals surface area contributed by atoms with Crippen molar-refractivity contribution in [2.24, 2.45) is 5.92 Å². The first-order chi connectivity index (χ1) is 9.49. The van der Waals surface area contributed by atoms with Crippen LogP contribution in [-0.4, -0.2) is 47.4 Å². The lowest BCUT2D eigenvalue weighted by Crippen LogP contribution is -2.55. The number of nitrogens with one attached hydrogen (secondary N) is 1. The molecule has 1 aliphatic rings. The Bertz CT molecular complexity index is 555. The van der Waals surface area contributed by atoms with Crippen LogP contribution in [-0.2, 0) is 9.59 Å². The fraction of sp³-hybridized carbons (Fsp3) is 0.308. The SMILES string of the molecule is O=C(NCC(=O)N1CC(C(=O)O)C1)c1ccccc1Br. The van der Waals surface area contributed by atoms with Gasteiger partial charge in [-0.2, -0.15) is 0 Å². The van der Waals surface area contributed by atoms with Crippen LogP contribution in [0.2, 0.25) is 0 Å². The van der Waals surface area contributed by atoms with Gasteiger partial charge in [0, 0.05) is 17.6 Å². The first-order valence-corrected chi connectivity index (χ1v) is 6.81. The summed E-state index contributed by atoms with van der Waals surface area (Å²) in [5.74, 6) is -2.01. The minimum absolute atomic E-state index is 0.132. The van der Waals surface area contributed by atoms with Crippen molar-refractivity contribution >= 4 is 33.7 Å². The van der Waals surface area contributed by atoms with Crippen LogP contribution in [0, 0.1) is 5.92 Å². The average molecular weight is 341 g/mol. The van der Waals surface area contributed by atoms with Gasteiger partial charge in [0.2, 0.25) is 5.91 Å². The Morgan fingerprint density at radius 3 is 2.55 bits per heavy atom. The summed E-state index contributed by atoms with van der Waals surface area (Å²) in [5, 5.41) is 11.2. The van der Waals surface area contributed by atoms with Gasteiger partial charge in [-0.15, -0.1) is 0 Å². The summed E-state index contributed by atoms with van der Waals surface area (Å²) in [7, 11) is 0. The van der Waals surface area contributed by atoms with Crippen molar-refractivity contribution in [3.8, 4) is 0 Å². The van der Waals surface area contributed by atoms with Crippen LogP contribution < -0.4 is 5.32 Å². The number of carboxylic acid groups (broad SMARTS) is 1. The van der Waals surface area contributed by atoms with Crippen molar-refractivity contribution in [1.82, 2.24) is 10.2 Å². The molecule has 1 fully saturated rings. The first-order valence-electron chi connectivity index (χ1n) is 6.02. The van der Waals surface area contributed by atoms with E-state index in [-0.39, 0.29) is 31.4 Å². The molecule has 7 heteroatoms. The highest BCUT2D eigenvalue weighted by molar-refractivity contribution is 9.10. The van der Waals surface area contributed by atoms with Gasteiger partial charge in [0.15, 0.2) is 0 Å². The molecule has 0 atom stereocenters. The number of likely N-dealkylation sites (tertiary alicyclic amines) is 1. The third-order valence-corrected chi connectivity index (χ3v) is 3.79. The summed E-state index contributed by atoms with van der Waals surface area (Å²) in [4.78, 5) is 35.6. The number of benzene rings is 1. The van der Waals surface area contributed by atoms with Crippen molar-refractivity contribution in [3.05, 3.63) is 34.3 Å². The van der Waals surface area contributed by atoms with Crippen LogP contribution in [0.1, 0.15) is 10.4 Å². The van der Waals surface area contributed by atoms with E-state index >= 15 is 0 Å². The molecule has 2 amide bonds. The van der Waals surface area contributed by atoms with Crippen molar-refractivity contribution in [2.75, 3.05) is 19.6 Å². The van der Waals surface area contributed by atoms with Gasteiger partial charge in [-0.1, -0.05) is 12.1 Å². The second-order valence-electron chi connectivity index (χ2n) is 4.50. The normalized spacial score (nSPS) is 14.6. The van der Waals surface area contributed by atoms with Crippen molar-refractivity contribution < 1.29 is 19.5 Å². The highest BCUT2D eigenvalue weighted by Gasteiger charge is 2.35. The summed E-state index contributed by atoms with van der Waals surface area (Å²) in [6.45, 7) is 0.282. The molecule has 1 aromatic carbocycles. The number of hydrogen-bond donors (Lipinski definition) is 2. The largest absolute Gasteiger partial charge is 0.481 e. The zero-order chi connectivity index (χ0) is 14.7. The molecule has 0 unspecified atom stereocenters. The second-order valence-corrected chi connectivity index (χ2v) is 5.35. The Balaban J connectivity index is 1.81. The predicted molar refractivity (Wildman–Crippen MR) is 74.2 cm³/mol. The van der Waals surface area contributed by atoms with E-state index in [9.17, 15) is 14.4 Å². The Kier molecular flexibility index (Phi) is 4.39. The third kappa shape index (κ3) is 3.16. The van der Waals surface area contributed by atoms with Crippen LogP contribution >= 0.6 is 15.9 Å². The maximum absolute atomic E-state index is 11.9. The van der Waals surface area contributed by atoms with Crippen molar-refractivity contribution in [2.45, 2.75) is 0 Å². The number of carbonyl (C=O) groups excluding carboxylic acids is 2. The van der Waals surface area contributed by atoms with E-state index in [2.05, 4.69) is 21.2 Å². The zero-order valence-electron chi connectivity index (χ0n) is 10.5. The van der Waals surface area contributed by atoms with E-state index in [0.717, 1.165) is 0 Å². The molecule has 1 heterocycles. The lowest BCUT2D eigenvalue weighted by Gasteiger charge is -2.36. The molecule has 6 nitrogen and oxygen atoms in total. The number of rotatable bonds is 4. The van der Waals surface area contributed by atoms with E-state index in [1.165, 1.54) is 4.90 Å². The van der Waals surface area contributed by atoms with E-state index in [1.807, 2.05) is 0 Å². The molecule has 106 valence electrons. The fourth-order valence-corrected chi connectivity index (χ4v) is 2.31. The second kappa shape index (κ2) is 6.04. The van der Waals surface area contributed by atoms with Crippen LogP contribution in [0.3, 0.4) is 0 Å². The molecule has 0 bridgehead atoms. The molecule has 0 saturated carbocycles. The van der Waals surface area contributed by atoms with Gasteiger partial charge in [-0.05, 0) is 28.1 Å². The summed E-state index contributed by atoms with van der Waals surface area (Å²) >= 11 is 3.26. The van der Waals surface area contributed by atoms with Gasteiger partial charge < -0.3 is 15.3 Å². The van der Waals surface area contributed by atoms with Crippen LogP contribution in [0.15, 0.2) is 28.7 Å². The maximum Gasteiger partial charge on any atom is 0.310 e. The number of carbonyl (C=O) groups is 3. The van der Waals surface area contributed by atoms with E-state index in [4.69, 9.17) is 5.11 Å². The van der Waals surface area contributed by atoms with Crippen LogP contribution in [0.4, 0.5) is 0 Å². The minimum Gasteiger partial charge on any atom is -0.481 e. The van der Waals surface area contributed by atoms with Crippen molar-refractivity contribution in [3.63, 3.8) is 0 Å². The maximum atomic E-state index is 11.9. The van der Waals surface area contributed by atoms with Gasteiger partial charge >= 0.3 is 5.97 Å². The van der Waals surface area contributed by atoms with Crippen LogP contribution in [0.25, 0.3) is 0 Å². The van der Waals surface area contributed by atoms with Crippen LogP contribution in [0.5, 0.6) is 0 Å². The minimum atomic E-state index is -0.897. The standard InChI is InChI=1S/C13H13BrN2O4/c14-10-4-2-1-3-9(10)12(18)15-5-11(17)16-6-8(7-16)13(19)20/h1-4,8H,5-7H2,(H,15,18)(H,19,20). The summed E-state index contributed by atoms with van der Waals surface area (Å²) in [6, 6.07) is 6.91. The Morgan fingerprint density at radius 2 is 1.95 bits per heavy atom. The highest BCUT2D eigenvalue weighted by Crippen LogP contribution is 2.16. The number of halogens is 1. The van der Waals surface area contributed by atoms with Gasteiger partial charge in [0.1, 0.15) is 0 Å². The summed E-state index contributed by atoms with van der Waals surface area (Å²) < 4.78 is 0.653. The molecular weight excluding hydrogens is 328 g/mol. The predicted octanol–water partition coefficient (Wildman–Crippen LogP) is 0.722. The Morgan fingerprint density at radius 1 is 1.30 bits per heavy atom. The number of carboxylic acids is 1. The topological polar surface area (TPSA) is 86.7 Å². The molecule has 1 saturated heterocycles. The Labute approximate surface area is 123 Å². The molecule has 0 aliphatic carbocycles. The molecule has 1 aliphatic heterocycles. The molecule has 0 aromatic heterocycles. The molecule has 1 aromatic rings. The van der Waals surface area contributed by atoms with E-state index in [1.54, 1.807) is 24.3 Å². The van der Waals surface area contributed by atoms with Gasteiger partial charge in [0.25, 0.3) is 5.91 Å². The molecule has 0 spiro atoms. The summed E-state index contributed by atoms with van der Waals surface area (Å²) in [6.07, 6.45) is 0. The molecule has 0 radical (unpaired) electrons. The fourth-order valence-electron chi connectivity index (χ4n) is 1.85. The highest BCUT2D eigenvalue weighted by atomic mass is 79.9. The average Bonchev–Trinajstić information content (AvgIpc) is 2.34. The number of nitrogens with zero attached hydrogens (tertiary/aromatic N) is 1. The summed E-state index contributed by atoms with van der Waals surface area (Å²) in [5.41, 5.74) is 0.451. The number of hydrogen-bond acceptors (Lipinski definition) is 3. The van der Waals surface area contributed by atoms with Gasteiger partial charge in [-0.25, -0.2) is 0 Å². The van der Waals surface area contributed by atoms with Crippen molar-refractivity contribution in [1.29, 1.82) is 0 Å². The molecule has 2 N–H and O–H groups in total. The first kappa shape index (κ1) is 14.5. The smallest absolute Gasteiger partial charge is 0.310 e. The monoisotopic (exact) mass is 340 g/mol. The quantitative estimate of drug-likeness (QED) is 0.845. The van der Waals surface area contributed by atoms with E-state index < -0.39 is 11.9 Å². The third-order valence-electron chi connectivity index (χ3n) is 3.10. The Hall–Kier alpha value is -1.89. The van der Waals surface area contributed by atoms with Gasteiger partial charge in [0.05, 0.1) is 18.0 Å². The molecular formula is C13H13BrN2O4. The van der Waals surface area contributed by atoms with Gasteiger partial charge in [-0.3, -0.25) is 14.4 Å². The lowest BCUT2D eigenvalue weighted by molar-refractivity contribution is -0.152. The number of amides is 2. The zero-order valence-corrected chi connectivity index (χ0v) is 12.1.